The summed E-state index contributed by atoms with van der Waals surface area (Å²) >= 11 is 1.46. The van der Waals surface area contributed by atoms with Crippen LogP contribution in [0.15, 0.2) is 24.3 Å². The van der Waals surface area contributed by atoms with Gasteiger partial charge in [-0.3, -0.25) is 9.59 Å². The molecule has 0 unspecified atom stereocenters. The van der Waals surface area contributed by atoms with Crippen LogP contribution in [-0.2, 0) is 24.1 Å². The van der Waals surface area contributed by atoms with E-state index >= 15 is 0 Å². The van der Waals surface area contributed by atoms with E-state index in [-0.39, 0.29) is 12.5 Å². The van der Waals surface area contributed by atoms with Gasteiger partial charge < -0.3 is 15.8 Å². The van der Waals surface area contributed by atoms with Crippen molar-refractivity contribution < 1.29 is 14.3 Å². The van der Waals surface area contributed by atoms with Crippen molar-refractivity contribution in [2.45, 2.75) is 39.5 Å². The second-order valence-electron chi connectivity index (χ2n) is 6.72. The van der Waals surface area contributed by atoms with Gasteiger partial charge >= 0.3 is 0 Å². The summed E-state index contributed by atoms with van der Waals surface area (Å²) in [5, 5.41) is 3.38. The average molecular weight is 372 g/mol. The first-order valence-electron chi connectivity index (χ1n) is 8.94. The van der Waals surface area contributed by atoms with Crippen LogP contribution in [0.4, 0.5) is 5.00 Å². The molecule has 0 radical (unpaired) electrons. The molecule has 2 aromatic rings. The van der Waals surface area contributed by atoms with Crippen LogP contribution >= 0.6 is 11.3 Å². The second-order valence-corrected chi connectivity index (χ2v) is 7.82. The van der Waals surface area contributed by atoms with E-state index in [0.29, 0.717) is 22.2 Å². The van der Waals surface area contributed by atoms with Crippen LogP contribution < -0.4 is 15.8 Å². The first kappa shape index (κ1) is 18.5. The summed E-state index contributed by atoms with van der Waals surface area (Å²) < 4.78 is 5.66. The van der Waals surface area contributed by atoms with E-state index in [1.807, 2.05) is 31.2 Å². The minimum atomic E-state index is -0.482. The molecule has 3 rings (SSSR count). The number of anilines is 1. The second kappa shape index (κ2) is 7.91. The molecule has 0 fully saturated rings. The summed E-state index contributed by atoms with van der Waals surface area (Å²) in [7, 11) is 0. The van der Waals surface area contributed by atoms with Gasteiger partial charge in [0, 0.05) is 4.88 Å². The molecule has 2 amide bonds. The average Bonchev–Trinajstić information content (AvgIpc) is 2.97. The predicted octanol–water partition coefficient (Wildman–Crippen LogP) is 3.55. The summed E-state index contributed by atoms with van der Waals surface area (Å²) in [6.07, 6.45) is 3.63. The summed E-state index contributed by atoms with van der Waals surface area (Å²) in [6.45, 7) is 4.14. The number of carbonyl (C=O) groups is 2. The van der Waals surface area contributed by atoms with Crippen LogP contribution in [0, 0.1) is 5.92 Å². The van der Waals surface area contributed by atoms with E-state index in [1.165, 1.54) is 11.3 Å². The fourth-order valence-corrected chi connectivity index (χ4v) is 4.77. The highest BCUT2D eigenvalue weighted by molar-refractivity contribution is 7.17. The fourth-order valence-electron chi connectivity index (χ4n) is 3.34. The molecule has 0 saturated carbocycles. The molecule has 0 saturated heterocycles. The number of fused-ring (bicyclic) bond motifs is 1. The summed E-state index contributed by atoms with van der Waals surface area (Å²) in [5.41, 5.74) is 8.11. The molecule has 1 atom stereocenters. The molecule has 1 aliphatic carbocycles. The number of carbonyl (C=O) groups excluding carboxylic acids is 2. The SMILES string of the molecule is CCc1ccccc1OCC(=O)Nc1sc2c(c1C(N)=O)CC[C@H](C)C2. The maximum absolute atomic E-state index is 12.4. The van der Waals surface area contributed by atoms with Crippen LogP contribution in [0.1, 0.15) is 46.6 Å². The highest BCUT2D eigenvalue weighted by Gasteiger charge is 2.27. The van der Waals surface area contributed by atoms with Crippen molar-refractivity contribution in [3.8, 4) is 5.75 Å². The first-order valence-corrected chi connectivity index (χ1v) is 9.76. The zero-order valence-electron chi connectivity index (χ0n) is 15.1. The number of ether oxygens (including phenoxy) is 1. The van der Waals surface area contributed by atoms with Gasteiger partial charge in [-0.1, -0.05) is 32.0 Å². The summed E-state index contributed by atoms with van der Waals surface area (Å²) in [6, 6.07) is 7.66. The van der Waals surface area contributed by atoms with Crippen LogP contribution in [0.2, 0.25) is 0 Å². The van der Waals surface area contributed by atoms with Crippen LogP contribution in [0.5, 0.6) is 5.75 Å². The number of hydrogen-bond acceptors (Lipinski definition) is 4. The number of para-hydroxylation sites is 1. The molecule has 1 heterocycles. The number of thiophene rings is 1. The number of hydrogen-bond donors (Lipinski definition) is 2. The Hall–Kier alpha value is -2.34. The standard InChI is InChI=1S/C20H24N2O3S/c1-3-13-6-4-5-7-15(13)25-11-17(23)22-20-18(19(21)24)14-9-8-12(2)10-16(14)26-20/h4-7,12H,3,8-11H2,1-2H3,(H2,21,24)(H,22,23)/t12-/m0/s1. The van der Waals surface area contributed by atoms with Crippen molar-refractivity contribution >= 4 is 28.2 Å². The third kappa shape index (κ3) is 3.90. The monoisotopic (exact) mass is 372 g/mol. The molecule has 26 heavy (non-hydrogen) atoms. The van der Waals surface area contributed by atoms with Gasteiger partial charge in [0.15, 0.2) is 6.61 Å². The minimum absolute atomic E-state index is 0.103. The normalized spacial score (nSPS) is 16.0. The number of aryl methyl sites for hydroxylation is 1. The molecule has 0 bridgehead atoms. The molecule has 6 heteroatoms. The number of primary amides is 1. The van der Waals surface area contributed by atoms with Crippen LogP contribution in [0.3, 0.4) is 0 Å². The molecular weight excluding hydrogens is 348 g/mol. The molecule has 3 N–H and O–H groups in total. The first-order chi connectivity index (χ1) is 12.5. The third-order valence-electron chi connectivity index (χ3n) is 4.72. The number of nitrogens with two attached hydrogens (primary N) is 1. The Morgan fingerprint density at radius 3 is 2.85 bits per heavy atom. The summed E-state index contributed by atoms with van der Waals surface area (Å²) in [5.74, 6) is 0.522. The molecule has 0 aliphatic heterocycles. The highest BCUT2D eigenvalue weighted by atomic mass is 32.1. The summed E-state index contributed by atoms with van der Waals surface area (Å²) in [4.78, 5) is 25.4. The van der Waals surface area contributed by atoms with E-state index in [4.69, 9.17) is 10.5 Å². The van der Waals surface area contributed by atoms with Crippen molar-refractivity contribution in [3.63, 3.8) is 0 Å². The highest BCUT2D eigenvalue weighted by Crippen LogP contribution is 2.39. The molecular formula is C20H24N2O3S. The Bertz CT molecular complexity index is 828. The lowest BCUT2D eigenvalue weighted by Gasteiger charge is -2.18. The van der Waals surface area contributed by atoms with Crippen molar-refractivity contribution in [1.82, 2.24) is 0 Å². The van der Waals surface area contributed by atoms with Gasteiger partial charge in [-0.15, -0.1) is 11.3 Å². The third-order valence-corrected chi connectivity index (χ3v) is 5.89. The molecule has 138 valence electrons. The zero-order chi connectivity index (χ0) is 18.7. The largest absolute Gasteiger partial charge is 0.483 e. The molecule has 5 nitrogen and oxygen atoms in total. The molecule has 1 aromatic carbocycles. The van der Waals surface area contributed by atoms with E-state index in [2.05, 4.69) is 12.2 Å². The predicted molar refractivity (Wildman–Crippen MR) is 104 cm³/mol. The fraction of sp³-hybridized carbons (Fsp3) is 0.400. The van der Waals surface area contributed by atoms with Gasteiger partial charge in [0.1, 0.15) is 10.8 Å². The van der Waals surface area contributed by atoms with E-state index in [0.717, 1.165) is 41.7 Å². The van der Waals surface area contributed by atoms with E-state index in [1.54, 1.807) is 0 Å². The van der Waals surface area contributed by atoms with Crippen molar-refractivity contribution in [3.05, 3.63) is 45.8 Å². The number of nitrogens with one attached hydrogen (secondary N) is 1. The lowest BCUT2D eigenvalue weighted by molar-refractivity contribution is -0.118. The molecule has 1 aromatic heterocycles. The number of amides is 2. The number of rotatable bonds is 6. The lowest BCUT2D eigenvalue weighted by Crippen LogP contribution is -2.23. The van der Waals surface area contributed by atoms with Crippen molar-refractivity contribution in [1.29, 1.82) is 0 Å². The van der Waals surface area contributed by atoms with Gasteiger partial charge in [0.2, 0.25) is 0 Å². The van der Waals surface area contributed by atoms with Crippen LogP contribution in [0.25, 0.3) is 0 Å². The van der Waals surface area contributed by atoms with Gasteiger partial charge in [0.05, 0.1) is 5.56 Å². The van der Waals surface area contributed by atoms with Gasteiger partial charge in [-0.05, 0) is 48.8 Å². The Balaban J connectivity index is 1.72. The molecule has 1 aliphatic rings. The zero-order valence-corrected chi connectivity index (χ0v) is 15.9. The van der Waals surface area contributed by atoms with Gasteiger partial charge in [0.25, 0.3) is 11.8 Å². The number of benzene rings is 1. The Morgan fingerprint density at radius 2 is 2.12 bits per heavy atom. The van der Waals surface area contributed by atoms with Gasteiger partial charge in [-0.2, -0.15) is 0 Å². The maximum atomic E-state index is 12.4. The maximum Gasteiger partial charge on any atom is 0.262 e. The Labute approximate surface area is 157 Å². The molecule has 0 spiro atoms. The van der Waals surface area contributed by atoms with Crippen molar-refractivity contribution in [2.24, 2.45) is 11.7 Å². The quantitative estimate of drug-likeness (QED) is 0.813. The minimum Gasteiger partial charge on any atom is -0.483 e. The Morgan fingerprint density at radius 1 is 1.35 bits per heavy atom. The lowest BCUT2D eigenvalue weighted by atomic mass is 9.88. The Kier molecular flexibility index (Phi) is 5.61. The smallest absolute Gasteiger partial charge is 0.262 e. The van der Waals surface area contributed by atoms with Gasteiger partial charge in [-0.25, -0.2) is 0 Å². The van der Waals surface area contributed by atoms with Crippen molar-refractivity contribution in [2.75, 3.05) is 11.9 Å². The van der Waals surface area contributed by atoms with E-state index < -0.39 is 5.91 Å². The van der Waals surface area contributed by atoms with Crippen LogP contribution in [-0.4, -0.2) is 18.4 Å². The topological polar surface area (TPSA) is 81.4 Å². The van der Waals surface area contributed by atoms with E-state index in [9.17, 15) is 9.59 Å².